The fourth-order valence-electron chi connectivity index (χ4n) is 1.69. The molecule has 0 spiro atoms. The molecule has 0 aliphatic carbocycles. The molecule has 6 nitrogen and oxygen atoms in total. The van der Waals surface area contributed by atoms with Gasteiger partial charge in [-0.25, -0.2) is 13.2 Å². The van der Waals surface area contributed by atoms with Crippen LogP contribution in [0.2, 0.25) is 0 Å². The van der Waals surface area contributed by atoms with Gasteiger partial charge in [0.1, 0.15) is 0 Å². The predicted molar refractivity (Wildman–Crippen MR) is 83.1 cm³/mol. The number of hydrogen-bond acceptors (Lipinski definition) is 5. The maximum atomic E-state index is 12.0. The minimum absolute atomic E-state index is 0.163. The molecule has 1 aromatic rings. The van der Waals surface area contributed by atoms with Crippen LogP contribution in [-0.4, -0.2) is 39.2 Å². The van der Waals surface area contributed by atoms with Crippen LogP contribution in [-0.2, 0) is 25.1 Å². The predicted octanol–water partition coefficient (Wildman–Crippen LogP) is 1.08. The minimum atomic E-state index is -3.19. The monoisotopic (exact) mass is 325 g/mol. The average Bonchev–Trinajstić information content (AvgIpc) is 2.43. The Kier molecular flexibility index (Phi) is 6.30. The standard InChI is InChI=1S/C15H19NO5S/c1-4-8-16-14(17)11(2)21-15(18)13-7-5-6-12(9-13)10-22(3,19)20/h4-7,9,11H,1,8,10H2,2-3H3,(H,16,17)/t11-/m0/s1. The Balaban J connectivity index is 2.75. The van der Waals surface area contributed by atoms with Gasteiger partial charge >= 0.3 is 5.97 Å². The first-order valence-corrected chi connectivity index (χ1v) is 8.65. The van der Waals surface area contributed by atoms with Crippen molar-refractivity contribution in [3.63, 3.8) is 0 Å². The average molecular weight is 325 g/mol. The molecule has 0 saturated heterocycles. The summed E-state index contributed by atoms with van der Waals surface area (Å²) in [6.45, 7) is 5.21. The third-order valence-electron chi connectivity index (χ3n) is 2.67. The lowest BCUT2D eigenvalue weighted by molar-refractivity contribution is -0.128. The third kappa shape index (κ3) is 6.09. The van der Waals surface area contributed by atoms with E-state index in [0.717, 1.165) is 6.26 Å². The lowest BCUT2D eigenvalue weighted by Gasteiger charge is -2.13. The molecule has 22 heavy (non-hydrogen) atoms. The fraction of sp³-hybridized carbons (Fsp3) is 0.333. The lowest BCUT2D eigenvalue weighted by atomic mass is 10.1. The van der Waals surface area contributed by atoms with Gasteiger partial charge in [-0.3, -0.25) is 4.79 Å². The molecule has 1 amide bonds. The van der Waals surface area contributed by atoms with E-state index in [1.54, 1.807) is 12.1 Å². The lowest BCUT2D eigenvalue weighted by Crippen LogP contribution is -2.35. The summed E-state index contributed by atoms with van der Waals surface area (Å²) in [5.74, 6) is -1.28. The van der Waals surface area contributed by atoms with Crippen LogP contribution in [0.5, 0.6) is 0 Å². The molecule has 0 bridgehead atoms. The number of nitrogens with one attached hydrogen (secondary N) is 1. The Bertz CT molecular complexity index is 666. The topological polar surface area (TPSA) is 89.5 Å². The van der Waals surface area contributed by atoms with Crippen LogP contribution in [0.3, 0.4) is 0 Å². The summed E-state index contributed by atoms with van der Waals surface area (Å²) in [5.41, 5.74) is 0.685. The van der Waals surface area contributed by atoms with Crippen molar-refractivity contribution in [3.8, 4) is 0 Å². The molecule has 0 aliphatic rings. The van der Waals surface area contributed by atoms with E-state index in [2.05, 4.69) is 11.9 Å². The Hall–Kier alpha value is -2.15. The smallest absolute Gasteiger partial charge is 0.338 e. The highest BCUT2D eigenvalue weighted by Gasteiger charge is 2.18. The van der Waals surface area contributed by atoms with Gasteiger partial charge < -0.3 is 10.1 Å². The Morgan fingerprint density at radius 2 is 2.09 bits per heavy atom. The van der Waals surface area contributed by atoms with Gasteiger partial charge in [0.15, 0.2) is 15.9 Å². The Morgan fingerprint density at radius 3 is 2.68 bits per heavy atom. The van der Waals surface area contributed by atoms with E-state index in [1.165, 1.54) is 25.1 Å². The Labute approximate surface area is 130 Å². The van der Waals surface area contributed by atoms with Gasteiger partial charge in [-0.1, -0.05) is 18.2 Å². The van der Waals surface area contributed by atoms with Crippen molar-refractivity contribution in [2.75, 3.05) is 12.8 Å². The summed E-state index contributed by atoms with van der Waals surface area (Å²) >= 11 is 0. The number of amides is 1. The molecule has 7 heteroatoms. The molecule has 0 heterocycles. The summed E-state index contributed by atoms with van der Waals surface area (Å²) in [7, 11) is -3.19. The quantitative estimate of drug-likeness (QED) is 0.598. The number of carbonyl (C=O) groups excluding carboxylic acids is 2. The number of hydrogen-bond donors (Lipinski definition) is 1. The number of carbonyl (C=O) groups is 2. The van der Waals surface area contributed by atoms with E-state index in [-0.39, 0.29) is 17.9 Å². The van der Waals surface area contributed by atoms with Crippen LogP contribution in [0.25, 0.3) is 0 Å². The van der Waals surface area contributed by atoms with Crippen molar-refractivity contribution >= 4 is 21.7 Å². The second-order valence-electron chi connectivity index (χ2n) is 4.85. The molecule has 1 rings (SSSR count). The fourth-order valence-corrected chi connectivity index (χ4v) is 2.47. The molecular formula is C15H19NO5S. The van der Waals surface area contributed by atoms with Crippen LogP contribution in [0.1, 0.15) is 22.8 Å². The van der Waals surface area contributed by atoms with Crippen LogP contribution in [0, 0.1) is 0 Å². The van der Waals surface area contributed by atoms with Gasteiger partial charge in [-0.15, -0.1) is 6.58 Å². The molecule has 0 unspecified atom stereocenters. The zero-order valence-corrected chi connectivity index (χ0v) is 13.4. The highest BCUT2D eigenvalue weighted by molar-refractivity contribution is 7.89. The highest BCUT2D eigenvalue weighted by Crippen LogP contribution is 2.11. The number of rotatable bonds is 7. The summed E-state index contributed by atoms with van der Waals surface area (Å²) in [6, 6.07) is 6.12. The van der Waals surface area contributed by atoms with E-state index in [0.29, 0.717) is 5.56 Å². The van der Waals surface area contributed by atoms with E-state index in [4.69, 9.17) is 4.74 Å². The Morgan fingerprint density at radius 1 is 1.41 bits per heavy atom. The summed E-state index contributed by atoms with van der Waals surface area (Å²) < 4.78 is 27.6. The highest BCUT2D eigenvalue weighted by atomic mass is 32.2. The summed E-state index contributed by atoms with van der Waals surface area (Å²) in [5, 5.41) is 2.52. The molecule has 0 saturated carbocycles. The van der Waals surface area contributed by atoms with Crippen LogP contribution < -0.4 is 5.32 Å². The van der Waals surface area contributed by atoms with Crippen molar-refractivity contribution in [1.29, 1.82) is 0 Å². The van der Waals surface area contributed by atoms with Gasteiger partial charge in [0, 0.05) is 12.8 Å². The van der Waals surface area contributed by atoms with E-state index in [1.807, 2.05) is 0 Å². The second kappa shape index (κ2) is 7.74. The molecule has 0 aromatic heterocycles. The number of esters is 1. The van der Waals surface area contributed by atoms with Crippen LogP contribution in [0.4, 0.5) is 0 Å². The molecule has 0 fully saturated rings. The third-order valence-corrected chi connectivity index (χ3v) is 3.52. The van der Waals surface area contributed by atoms with Crippen molar-refractivity contribution in [2.24, 2.45) is 0 Å². The van der Waals surface area contributed by atoms with Crippen molar-refractivity contribution in [1.82, 2.24) is 5.32 Å². The van der Waals surface area contributed by atoms with E-state index >= 15 is 0 Å². The number of benzene rings is 1. The first-order valence-electron chi connectivity index (χ1n) is 6.59. The van der Waals surface area contributed by atoms with Crippen LogP contribution >= 0.6 is 0 Å². The van der Waals surface area contributed by atoms with Gasteiger partial charge in [-0.05, 0) is 24.6 Å². The molecule has 120 valence electrons. The zero-order chi connectivity index (χ0) is 16.8. The molecular weight excluding hydrogens is 306 g/mol. The van der Waals surface area contributed by atoms with Crippen molar-refractivity contribution in [3.05, 3.63) is 48.0 Å². The van der Waals surface area contributed by atoms with Gasteiger partial charge in [0.2, 0.25) is 0 Å². The molecule has 1 atom stereocenters. The zero-order valence-electron chi connectivity index (χ0n) is 12.5. The maximum absolute atomic E-state index is 12.0. The molecule has 1 aromatic carbocycles. The summed E-state index contributed by atoms with van der Waals surface area (Å²) in [6.07, 6.45) is 1.68. The van der Waals surface area contributed by atoms with Crippen molar-refractivity contribution < 1.29 is 22.7 Å². The van der Waals surface area contributed by atoms with Gasteiger partial charge in [-0.2, -0.15) is 0 Å². The second-order valence-corrected chi connectivity index (χ2v) is 6.99. The van der Waals surface area contributed by atoms with E-state index in [9.17, 15) is 18.0 Å². The van der Waals surface area contributed by atoms with Crippen LogP contribution in [0.15, 0.2) is 36.9 Å². The molecule has 0 radical (unpaired) electrons. The van der Waals surface area contributed by atoms with Gasteiger partial charge in [0.25, 0.3) is 5.91 Å². The maximum Gasteiger partial charge on any atom is 0.338 e. The minimum Gasteiger partial charge on any atom is -0.449 e. The van der Waals surface area contributed by atoms with Gasteiger partial charge in [0.05, 0.1) is 11.3 Å². The SMILES string of the molecule is C=CCNC(=O)[C@H](C)OC(=O)c1cccc(CS(C)(=O)=O)c1. The first-order chi connectivity index (χ1) is 10.2. The first kappa shape index (κ1) is 17.9. The number of sulfone groups is 1. The summed E-state index contributed by atoms with van der Waals surface area (Å²) in [4.78, 5) is 23.6. The van der Waals surface area contributed by atoms with E-state index < -0.39 is 27.8 Å². The molecule has 1 N–H and O–H groups in total. The van der Waals surface area contributed by atoms with Crippen molar-refractivity contribution in [2.45, 2.75) is 18.8 Å². The molecule has 0 aliphatic heterocycles. The number of ether oxygens (including phenoxy) is 1. The normalized spacial score (nSPS) is 12.3. The largest absolute Gasteiger partial charge is 0.449 e.